The number of carbonyl (C=O) groups is 2. The standard InChI is InChI=1S/C13H24N2O3/c1-3-11(4-2)14-12(16)9-15-7-5-6-10(8-15)13(17)18/h10-11H,3-9H2,1-2H3,(H,14,16)(H,17,18). The number of aliphatic carboxylic acids is 1. The summed E-state index contributed by atoms with van der Waals surface area (Å²) in [6, 6.07) is 0.234. The first-order valence-corrected chi connectivity index (χ1v) is 6.81. The summed E-state index contributed by atoms with van der Waals surface area (Å²) in [6.45, 7) is 5.73. The van der Waals surface area contributed by atoms with Crippen molar-refractivity contribution in [3.8, 4) is 0 Å². The zero-order chi connectivity index (χ0) is 13.5. The molecule has 1 rings (SSSR count). The van der Waals surface area contributed by atoms with E-state index >= 15 is 0 Å². The van der Waals surface area contributed by atoms with Crippen LogP contribution >= 0.6 is 0 Å². The van der Waals surface area contributed by atoms with E-state index in [0.29, 0.717) is 13.1 Å². The Labute approximate surface area is 109 Å². The highest BCUT2D eigenvalue weighted by Gasteiger charge is 2.26. The van der Waals surface area contributed by atoms with Gasteiger partial charge in [-0.3, -0.25) is 14.5 Å². The summed E-state index contributed by atoms with van der Waals surface area (Å²) in [6.07, 6.45) is 3.44. The number of likely N-dealkylation sites (tertiary alicyclic amines) is 1. The van der Waals surface area contributed by atoms with Gasteiger partial charge >= 0.3 is 5.97 Å². The van der Waals surface area contributed by atoms with Gasteiger partial charge in [-0.1, -0.05) is 13.8 Å². The first-order valence-electron chi connectivity index (χ1n) is 6.81. The van der Waals surface area contributed by atoms with Crippen molar-refractivity contribution in [1.82, 2.24) is 10.2 Å². The van der Waals surface area contributed by atoms with Crippen molar-refractivity contribution in [3.05, 3.63) is 0 Å². The number of nitrogens with zero attached hydrogens (tertiary/aromatic N) is 1. The normalized spacial score (nSPS) is 20.9. The summed E-state index contributed by atoms with van der Waals surface area (Å²) in [5, 5.41) is 12.0. The fourth-order valence-corrected chi connectivity index (χ4v) is 2.37. The molecule has 1 atom stereocenters. The quantitative estimate of drug-likeness (QED) is 0.746. The lowest BCUT2D eigenvalue weighted by Gasteiger charge is -2.30. The summed E-state index contributed by atoms with van der Waals surface area (Å²) >= 11 is 0. The summed E-state index contributed by atoms with van der Waals surface area (Å²) < 4.78 is 0. The highest BCUT2D eigenvalue weighted by atomic mass is 16.4. The number of amides is 1. The van der Waals surface area contributed by atoms with Crippen LogP contribution in [0, 0.1) is 5.92 Å². The van der Waals surface area contributed by atoms with Crippen LogP contribution in [0.5, 0.6) is 0 Å². The number of carbonyl (C=O) groups excluding carboxylic acids is 1. The molecule has 5 nitrogen and oxygen atoms in total. The zero-order valence-electron chi connectivity index (χ0n) is 11.3. The predicted molar refractivity (Wildman–Crippen MR) is 69.3 cm³/mol. The second-order valence-corrected chi connectivity index (χ2v) is 4.99. The molecule has 1 saturated heterocycles. The van der Waals surface area contributed by atoms with Crippen LogP contribution in [-0.2, 0) is 9.59 Å². The van der Waals surface area contributed by atoms with E-state index in [9.17, 15) is 9.59 Å². The summed E-state index contributed by atoms with van der Waals surface area (Å²) in [5.41, 5.74) is 0. The first kappa shape index (κ1) is 15.0. The Bertz CT molecular complexity index is 290. The second kappa shape index (κ2) is 7.36. The lowest BCUT2D eigenvalue weighted by molar-refractivity contribution is -0.144. The van der Waals surface area contributed by atoms with Gasteiger partial charge in [0.25, 0.3) is 0 Å². The Hall–Kier alpha value is -1.10. The Morgan fingerprint density at radius 1 is 1.39 bits per heavy atom. The van der Waals surface area contributed by atoms with E-state index in [4.69, 9.17) is 5.11 Å². The van der Waals surface area contributed by atoms with Crippen molar-refractivity contribution in [2.24, 2.45) is 5.92 Å². The molecule has 104 valence electrons. The van der Waals surface area contributed by atoms with Gasteiger partial charge in [-0.2, -0.15) is 0 Å². The third-order valence-electron chi connectivity index (χ3n) is 3.57. The van der Waals surface area contributed by atoms with Crippen LogP contribution in [0.4, 0.5) is 0 Å². The molecule has 1 heterocycles. The average molecular weight is 256 g/mol. The molecule has 0 radical (unpaired) electrons. The van der Waals surface area contributed by atoms with Crippen molar-refractivity contribution < 1.29 is 14.7 Å². The van der Waals surface area contributed by atoms with Crippen LogP contribution in [0.25, 0.3) is 0 Å². The Morgan fingerprint density at radius 2 is 2.06 bits per heavy atom. The molecule has 1 unspecified atom stereocenters. The van der Waals surface area contributed by atoms with Gasteiger partial charge < -0.3 is 10.4 Å². The van der Waals surface area contributed by atoms with Crippen LogP contribution in [0.2, 0.25) is 0 Å². The van der Waals surface area contributed by atoms with Crippen LogP contribution in [0.1, 0.15) is 39.5 Å². The molecule has 0 saturated carbocycles. The average Bonchev–Trinajstić information content (AvgIpc) is 2.36. The molecule has 1 aliphatic rings. The SMILES string of the molecule is CCC(CC)NC(=O)CN1CCCC(C(=O)O)C1. The van der Waals surface area contributed by atoms with Crippen molar-refractivity contribution in [2.75, 3.05) is 19.6 Å². The minimum atomic E-state index is -0.750. The molecule has 0 aromatic heterocycles. The van der Waals surface area contributed by atoms with E-state index in [1.807, 2.05) is 4.90 Å². The number of carboxylic acid groups (broad SMARTS) is 1. The fourth-order valence-electron chi connectivity index (χ4n) is 2.37. The molecule has 1 fully saturated rings. The van der Waals surface area contributed by atoms with Crippen molar-refractivity contribution in [1.29, 1.82) is 0 Å². The van der Waals surface area contributed by atoms with E-state index in [1.165, 1.54) is 0 Å². The Balaban J connectivity index is 2.37. The third kappa shape index (κ3) is 4.64. The molecule has 0 spiro atoms. The van der Waals surface area contributed by atoms with E-state index in [2.05, 4.69) is 19.2 Å². The smallest absolute Gasteiger partial charge is 0.307 e. The maximum Gasteiger partial charge on any atom is 0.307 e. The number of piperidine rings is 1. The number of nitrogens with one attached hydrogen (secondary N) is 1. The predicted octanol–water partition coefficient (Wildman–Crippen LogP) is 1.09. The van der Waals surface area contributed by atoms with Crippen LogP contribution in [-0.4, -0.2) is 47.6 Å². The third-order valence-corrected chi connectivity index (χ3v) is 3.57. The number of carboxylic acids is 1. The molecule has 1 aliphatic heterocycles. The van der Waals surface area contributed by atoms with E-state index in [0.717, 1.165) is 32.2 Å². The molecule has 5 heteroatoms. The van der Waals surface area contributed by atoms with Gasteiger partial charge in [-0.15, -0.1) is 0 Å². The van der Waals surface area contributed by atoms with Gasteiger partial charge in [0.05, 0.1) is 12.5 Å². The van der Waals surface area contributed by atoms with Crippen molar-refractivity contribution in [2.45, 2.75) is 45.6 Å². The molecule has 0 aromatic rings. The minimum absolute atomic E-state index is 0.00902. The number of rotatable bonds is 6. The molecular weight excluding hydrogens is 232 g/mol. The lowest BCUT2D eigenvalue weighted by Crippen LogP contribution is -2.46. The van der Waals surface area contributed by atoms with Gasteiger partial charge in [0, 0.05) is 12.6 Å². The molecule has 1 amide bonds. The van der Waals surface area contributed by atoms with Gasteiger partial charge in [0.15, 0.2) is 0 Å². The Morgan fingerprint density at radius 3 is 2.61 bits per heavy atom. The monoisotopic (exact) mass is 256 g/mol. The number of hydrogen-bond donors (Lipinski definition) is 2. The van der Waals surface area contributed by atoms with E-state index < -0.39 is 5.97 Å². The van der Waals surface area contributed by atoms with Gasteiger partial charge in [-0.25, -0.2) is 0 Å². The topological polar surface area (TPSA) is 69.6 Å². The maximum atomic E-state index is 11.8. The van der Waals surface area contributed by atoms with Gasteiger partial charge in [0.1, 0.15) is 0 Å². The molecule has 0 aliphatic carbocycles. The maximum absolute atomic E-state index is 11.8. The van der Waals surface area contributed by atoms with Crippen LogP contribution in [0.15, 0.2) is 0 Å². The minimum Gasteiger partial charge on any atom is -0.481 e. The summed E-state index contributed by atoms with van der Waals surface area (Å²) in [4.78, 5) is 24.7. The van der Waals surface area contributed by atoms with E-state index in [-0.39, 0.29) is 17.9 Å². The largest absolute Gasteiger partial charge is 0.481 e. The van der Waals surface area contributed by atoms with Crippen molar-refractivity contribution >= 4 is 11.9 Å². The highest BCUT2D eigenvalue weighted by Crippen LogP contribution is 2.16. The molecule has 18 heavy (non-hydrogen) atoms. The summed E-state index contributed by atoms with van der Waals surface area (Å²) in [7, 11) is 0. The van der Waals surface area contributed by atoms with Crippen molar-refractivity contribution in [3.63, 3.8) is 0 Å². The Kier molecular flexibility index (Phi) is 6.12. The van der Waals surface area contributed by atoms with Gasteiger partial charge in [0.2, 0.25) is 5.91 Å². The van der Waals surface area contributed by atoms with E-state index in [1.54, 1.807) is 0 Å². The van der Waals surface area contributed by atoms with Crippen LogP contribution < -0.4 is 5.32 Å². The molecule has 0 bridgehead atoms. The second-order valence-electron chi connectivity index (χ2n) is 4.99. The van der Waals surface area contributed by atoms with Crippen LogP contribution in [0.3, 0.4) is 0 Å². The molecule has 2 N–H and O–H groups in total. The summed E-state index contributed by atoms with van der Waals surface area (Å²) in [5.74, 6) is -1.06. The molecular formula is C13H24N2O3. The number of hydrogen-bond acceptors (Lipinski definition) is 3. The zero-order valence-corrected chi connectivity index (χ0v) is 11.3. The van der Waals surface area contributed by atoms with Gasteiger partial charge in [-0.05, 0) is 32.2 Å². The fraction of sp³-hybridized carbons (Fsp3) is 0.846. The molecule has 0 aromatic carbocycles. The first-order chi connectivity index (χ1) is 8.56. The lowest BCUT2D eigenvalue weighted by atomic mass is 9.98. The highest BCUT2D eigenvalue weighted by molar-refractivity contribution is 5.78.